The van der Waals surface area contributed by atoms with Crippen LogP contribution in [0.3, 0.4) is 0 Å². The van der Waals surface area contributed by atoms with E-state index < -0.39 is 17.8 Å². The number of alkyl halides is 3. The van der Waals surface area contributed by atoms with E-state index >= 15 is 0 Å². The first-order chi connectivity index (χ1) is 20.2. The van der Waals surface area contributed by atoms with Gasteiger partial charge in [-0.2, -0.15) is 28.1 Å². The molecule has 5 rings (SSSR count). The van der Waals surface area contributed by atoms with Crippen LogP contribution in [0.1, 0.15) is 61.0 Å². The van der Waals surface area contributed by atoms with Gasteiger partial charge in [-0.1, -0.05) is 0 Å². The van der Waals surface area contributed by atoms with Crippen molar-refractivity contribution >= 4 is 65.1 Å². The number of Topliss-reactive ketones (excluding diaryl/α,β-unsaturated/α-hetero) is 1. The number of hydrogen-bond donors (Lipinski definition) is 6. The van der Waals surface area contributed by atoms with Gasteiger partial charge in [0.25, 0.3) is 0 Å². The lowest BCUT2D eigenvalue weighted by molar-refractivity contribution is -0.115. The van der Waals surface area contributed by atoms with Gasteiger partial charge in [0.05, 0.1) is 6.42 Å². The lowest BCUT2D eigenvalue weighted by Crippen LogP contribution is -2.34. The number of halogens is 4. The van der Waals surface area contributed by atoms with Crippen LogP contribution >= 0.6 is 24.2 Å². The number of thioether (sulfide) groups is 1. The van der Waals surface area contributed by atoms with Crippen LogP contribution in [-0.4, -0.2) is 58.3 Å². The fraction of sp³-hybridized carbons (Fsp3) is 0.414. The molecule has 1 amide bonds. The zero-order valence-corrected chi connectivity index (χ0v) is 27.9. The Morgan fingerprint density at radius 2 is 1.19 bits per heavy atom. The van der Waals surface area contributed by atoms with Crippen molar-refractivity contribution < 1.29 is 28.5 Å². The monoisotopic (exact) mass is 711 g/mol. The summed E-state index contributed by atoms with van der Waals surface area (Å²) in [5, 5.41) is 5.79. The second kappa shape index (κ2) is 19.8. The number of hydrogen-bond acceptors (Lipinski definition) is 13. The normalized spacial score (nSPS) is 14.1. The van der Waals surface area contributed by atoms with E-state index in [0.29, 0.717) is 34.8 Å². The Morgan fingerprint density at radius 3 is 1.66 bits per heavy atom. The predicted octanol–water partition coefficient (Wildman–Crippen LogP) is 8.47. The van der Waals surface area contributed by atoms with Gasteiger partial charge in [0, 0.05) is 53.7 Å². The molecule has 2 aromatic carbocycles. The Balaban J connectivity index is -0.000000784. The van der Waals surface area contributed by atoms with Gasteiger partial charge in [-0.15, -0.1) is 12.4 Å². The molecule has 3 heterocycles. The first-order valence-corrected chi connectivity index (χ1v) is 14.9. The van der Waals surface area contributed by atoms with E-state index in [9.17, 15) is 22.8 Å². The molecular weight excluding hydrogens is 659 g/mol. The molecule has 14 N–H and O–H groups in total. The van der Waals surface area contributed by atoms with E-state index in [1.807, 2.05) is 0 Å². The molecule has 0 spiro atoms. The lowest BCUT2D eigenvalue weighted by Gasteiger charge is -2.30. The maximum absolute atomic E-state index is 12.7. The number of piperidine rings is 2. The molecule has 0 bridgehead atoms. The highest BCUT2D eigenvalue weighted by Gasteiger charge is 2.29. The second-order valence-corrected chi connectivity index (χ2v) is 11.4. The van der Waals surface area contributed by atoms with E-state index in [0.717, 1.165) is 51.9 Å². The zero-order chi connectivity index (χ0) is 29.5. The predicted molar refractivity (Wildman–Crippen MR) is 193 cm³/mol. The Hall–Kier alpha value is -3.74. The van der Waals surface area contributed by atoms with E-state index in [1.165, 1.54) is 37.1 Å². The zero-order valence-electron chi connectivity index (χ0n) is 26.2. The van der Waals surface area contributed by atoms with Crippen molar-refractivity contribution in [3.05, 3.63) is 54.1 Å². The molecule has 1 aromatic heterocycles. The maximum atomic E-state index is 12.7. The number of benzene rings is 2. The molecule has 13 nitrogen and oxygen atoms in total. The first-order valence-electron chi connectivity index (χ1n) is 14.0. The minimum Gasteiger partial charge on any atom is -0.344 e. The SMILES string of the molecule is Cl.N.N.N.N.O=C(CC(=O)c1ccc(Nc2nc(N3CCCCC3)nc(N3CCCCC3)n2)cc1)Nc1ccc(SC(F)(F)F)cc1.[HH].[HH].[HH].[HH]. The summed E-state index contributed by atoms with van der Waals surface area (Å²) in [6.45, 7) is 3.65. The van der Waals surface area contributed by atoms with Gasteiger partial charge in [0.15, 0.2) is 5.78 Å². The summed E-state index contributed by atoms with van der Waals surface area (Å²) in [5.74, 6) is 0.824. The van der Waals surface area contributed by atoms with Crippen LogP contribution in [0.4, 0.5) is 42.4 Å². The number of amides is 1. The summed E-state index contributed by atoms with van der Waals surface area (Å²) in [5.41, 5.74) is -3.04. The summed E-state index contributed by atoms with van der Waals surface area (Å²) in [6.07, 6.45) is 6.43. The van der Waals surface area contributed by atoms with Crippen LogP contribution in [0.15, 0.2) is 53.4 Å². The molecule has 18 heteroatoms. The van der Waals surface area contributed by atoms with Crippen molar-refractivity contribution in [2.45, 2.75) is 55.3 Å². The van der Waals surface area contributed by atoms with Crippen molar-refractivity contribution in [2.24, 2.45) is 0 Å². The molecule has 0 radical (unpaired) electrons. The number of ketones is 1. The first kappa shape index (κ1) is 43.3. The fourth-order valence-corrected chi connectivity index (χ4v) is 5.48. The Labute approximate surface area is 288 Å². The van der Waals surface area contributed by atoms with Gasteiger partial charge in [-0.25, -0.2) is 0 Å². The summed E-state index contributed by atoms with van der Waals surface area (Å²) >= 11 is -0.235. The summed E-state index contributed by atoms with van der Waals surface area (Å²) in [4.78, 5) is 43.7. The van der Waals surface area contributed by atoms with Crippen molar-refractivity contribution in [3.8, 4) is 0 Å². The molecule has 47 heavy (non-hydrogen) atoms. The van der Waals surface area contributed by atoms with E-state index in [2.05, 4.69) is 20.4 Å². The van der Waals surface area contributed by atoms with E-state index in [4.69, 9.17) is 15.0 Å². The molecule has 2 saturated heterocycles. The third-order valence-electron chi connectivity index (χ3n) is 7.05. The lowest BCUT2D eigenvalue weighted by atomic mass is 10.1. The Bertz CT molecular complexity index is 1380. The number of carbonyl (C=O) groups excluding carboxylic acids is 2. The van der Waals surface area contributed by atoms with Gasteiger partial charge in [-0.3, -0.25) is 9.59 Å². The van der Waals surface area contributed by atoms with Crippen molar-refractivity contribution in [3.63, 3.8) is 0 Å². The number of carbonyl (C=O) groups is 2. The average Bonchev–Trinajstić information content (AvgIpc) is 2.98. The number of nitrogens with one attached hydrogen (secondary N) is 2. The van der Waals surface area contributed by atoms with Crippen molar-refractivity contribution in [1.29, 1.82) is 0 Å². The largest absolute Gasteiger partial charge is 0.446 e. The van der Waals surface area contributed by atoms with Gasteiger partial charge < -0.3 is 45.0 Å². The molecule has 0 unspecified atom stereocenters. The summed E-state index contributed by atoms with van der Waals surface area (Å²) in [6, 6.07) is 12.0. The molecule has 2 aliphatic heterocycles. The number of nitrogens with zero attached hydrogens (tertiary/aromatic N) is 5. The standard InChI is InChI=1S/C29H32F3N7O2S.ClH.4H3N.4H2/c30-29(31,32)42-23-13-11-21(12-14-23)33-25(41)19-24(40)20-7-9-22(10-8-20)34-26-35-27(38-15-3-1-4-16-38)37-28(36-26)39-17-5-2-6-18-39;;;;;;;;;/h7-14H,1-6,15-19H2,(H,33,41)(H,34,35,36,37);1H;4*1H3;4*1H. The van der Waals surface area contributed by atoms with Crippen LogP contribution in [0.5, 0.6) is 0 Å². The van der Waals surface area contributed by atoms with Crippen LogP contribution in [0.2, 0.25) is 0 Å². The Morgan fingerprint density at radius 1 is 0.723 bits per heavy atom. The topological polar surface area (TPSA) is 243 Å². The van der Waals surface area contributed by atoms with E-state index in [-0.39, 0.29) is 65.2 Å². The maximum Gasteiger partial charge on any atom is 0.446 e. The van der Waals surface area contributed by atoms with Crippen molar-refractivity contribution in [2.75, 3.05) is 46.6 Å². The molecule has 0 aliphatic carbocycles. The molecule has 0 saturated carbocycles. The smallest absolute Gasteiger partial charge is 0.344 e. The fourth-order valence-electron chi connectivity index (χ4n) is 4.94. The van der Waals surface area contributed by atoms with Crippen LogP contribution in [0, 0.1) is 0 Å². The third kappa shape index (κ3) is 12.8. The molecule has 2 fully saturated rings. The van der Waals surface area contributed by atoms with Gasteiger partial charge in [0.2, 0.25) is 23.8 Å². The van der Waals surface area contributed by atoms with E-state index in [1.54, 1.807) is 24.3 Å². The van der Waals surface area contributed by atoms with Crippen LogP contribution in [-0.2, 0) is 4.79 Å². The van der Waals surface area contributed by atoms with Gasteiger partial charge in [-0.05, 0) is 98.8 Å². The molecule has 270 valence electrons. The highest BCUT2D eigenvalue weighted by Crippen LogP contribution is 2.37. The minimum absolute atomic E-state index is 0. The number of rotatable bonds is 9. The number of anilines is 5. The Kier molecular flexibility index (Phi) is 18.2. The number of aromatic nitrogens is 3. The van der Waals surface area contributed by atoms with Crippen molar-refractivity contribution in [1.82, 2.24) is 39.6 Å². The summed E-state index contributed by atoms with van der Waals surface area (Å²) < 4.78 is 37.5. The van der Waals surface area contributed by atoms with Gasteiger partial charge in [0.1, 0.15) is 0 Å². The second-order valence-electron chi connectivity index (χ2n) is 10.3. The summed E-state index contributed by atoms with van der Waals surface area (Å²) in [7, 11) is 0. The molecular formula is C29H53ClF3N11O2S. The van der Waals surface area contributed by atoms with Gasteiger partial charge >= 0.3 is 5.51 Å². The average molecular weight is 712 g/mol. The minimum atomic E-state index is -4.39. The van der Waals surface area contributed by atoms with Crippen LogP contribution < -0.4 is 45.0 Å². The molecule has 3 aromatic rings. The quantitative estimate of drug-likeness (QED) is 0.0693. The molecule has 2 aliphatic rings. The third-order valence-corrected chi connectivity index (χ3v) is 7.78. The molecule has 0 atom stereocenters. The highest BCUT2D eigenvalue weighted by atomic mass is 35.5. The highest BCUT2D eigenvalue weighted by molar-refractivity contribution is 8.00. The van der Waals surface area contributed by atoms with Crippen LogP contribution in [0.25, 0.3) is 0 Å².